The number of rotatable bonds is 6. The summed E-state index contributed by atoms with van der Waals surface area (Å²) in [6, 6.07) is 3.39. The largest absolute Gasteiger partial charge is 0.497 e. The zero-order valence-corrected chi connectivity index (χ0v) is 13.5. The molecule has 0 aliphatic heterocycles. The molecular formula is C14H23NO4S. The Hall–Kier alpha value is -1.11. The molecule has 0 aliphatic carbocycles. The summed E-state index contributed by atoms with van der Waals surface area (Å²) in [5.41, 5.74) is 0.565. The number of aliphatic hydroxyl groups is 1. The van der Waals surface area contributed by atoms with Crippen molar-refractivity contribution in [2.45, 2.75) is 44.6 Å². The lowest BCUT2D eigenvalue weighted by Gasteiger charge is -2.26. The lowest BCUT2D eigenvalue weighted by atomic mass is 10.0. The number of methoxy groups -OCH3 is 1. The standard InChI is InChI=1S/C14H23NO4S/c1-10-8-12(19-5)9-11(2)13(10)20(17,18)15-14(3,4)6-7-16/h8-9,15-16H,6-7H2,1-5H3. The minimum Gasteiger partial charge on any atom is -0.497 e. The number of hydrogen-bond donors (Lipinski definition) is 2. The molecule has 0 aromatic heterocycles. The molecule has 1 aromatic carbocycles. The molecule has 0 unspecified atom stereocenters. The topological polar surface area (TPSA) is 75.6 Å². The number of aliphatic hydroxyl groups excluding tert-OH is 1. The van der Waals surface area contributed by atoms with Crippen molar-refractivity contribution in [2.24, 2.45) is 0 Å². The summed E-state index contributed by atoms with van der Waals surface area (Å²) in [5.74, 6) is 0.633. The molecule has 0 bridgehead atoms. The van der Waals surface area contributed by atoms with Crippen LogP contribution in [0.3, 0.4) is 0 Å². The molecule has 6 heteroatoms. The maximum Gasteiger partial charge on any atom is 0.241 e. The second-order valence-electron chi connectivity index (χ2n) is 5.55. The normalized spacial score (nSPS) is 12.5. The van der Waals surface area contributed by atoms with Crippen LogP contribution in [-0.4, -0.2) is 32.8 Å². The second-order valence-corrected chi connectivity index (χ2v) is 7.17. The van der Waals surface area contributed by atoms with Gasteiger partial charge in [-0.2, -0.15) is 0 Å². The molecule has 0 radical (unpaired) electrons. The number of ether oxygens (including phenoxy) is 1. The Balaban J connectivity index is 3.23. The van der Waals surface area contributed by atoms with Crippen LogP contribution in [0.4, 0.5) is 0 Å². The quantitative estimate of drug-likeness (QED) is 0.839. The van der Waals surface area contributed by atoms with Gasteiger partial charge in [0.05, 0.1) is 12.0 Å². The van der Waals surface area contributed by atoms with Crippen LogP contribution in [0, 0.1) is 13.8 Å². The highest BCUT2D eigenvalue weighted by atomic mass is 32.2. The maximum atomic E-state index is 12.5. The molecule has 1 rings (SSSR count). The predicted octanol–water partition coefficient (Wildman–Crippen LogP) is 1.75. The third kappa shape index (κ3) is 3.94. The minimum atomic E-state index is -3.64. The molecule has 5 nitrogen and oxygen atoms in total. The van der Waals surface area contributed by atoms with Crippen LogP contribution in [0.25, 0.3) is 0 Å². The van der Waals surface area contributed by atoms with Crippen LogP contribution in [0.15, 0.2) is 17.0 Å². The predicted molar refractivity (Wildman–Crippen MR) is 78.6 cm³/mol. The van der Waals surface area contributed by atoms with Gasteiger partial charge in [-0.05, 0) is 57.4 Å². The maximum absolute atomic E-state index is 12.5. The van der Waals surface area contributed by atoms with Crippen LogP contribution in [-0.2, 0) is 10.0 Å². The Morgan fingerprint density at radius 1 is 1.25 bits per heavy atom. The van der Waals surface area contributed by atoms with Crippen molar-refractivity contribution in [1.29, 1.82) is 0 Å². The lowest BCUT2D eigenvalue weighted by Crippen LogP contribution is -2.44. The van der Waals surface area contributed by atoms with Gasteiger partial charge in [0, 0.05) is 12.1 Å². The zero-order chi connectivity index (χ0) is 15.6. The summed E-state index contributed by atoms with van der Waals surface area (Å²) in [6.45, 7) is 6.90. The highest BCUT2D eigenvalue weighted by Crippen LogP contribution is 2.26. The van der Waals surface area contributed by atoms with E-state index >= 15 is 0 Å². The third-order valence-electron chi connectivity index (χ3n) is 3.09. The first-order chi connectivity index (χ1) is 9.13. The molecule has 0 heterocycles. The smallest absolute Gasteiger partial charge is 0.241 e. The van der Waals surface area contributed by atoms with Gasteiger partial charge in [-0.1, -0.05) is 0 Å². The molecule has 114 valence electrons. The molecule has 0 saturated carbocycles. The van der Waals surface area contributed by atoms with Gasteiger partial charge in [0.2, 0.25) is 10.0 Å². The summed E-state index contributed by atoms with van der Waals surface area (Å²) >= 11 is 0. The molecule has 0 amide bonds. The van der Waals surface area contributed by atoms with Crippen LogP contribution in [0.1, 0.15) is 31.4 Å². The first-order valence-corrected chi connectivity index (χ1v) is 7.91. The first-order valence-electron chi connectivity index (χ1n) is 6.43. The molecular weight excluding hydrogens is 278 g/mol. The number of sulfonamides is 1. The molecule has 2 N–H and O–H groups in total. The van der Waals surface area contributed by atoms with E-state index in [-0.39, 0.29) is 11.5 Å². The second kappa shape index (κ2) is 6.11. The van der Waals surface area contributed by atoms with E-state index in [9.17, 15) is 8.42 Å². The van der Waals surface area contributed by atoms with E-state index in [4.69, 9.17) is 9.84 Å². The fraction of sp³-hybridized carbons (Fsp3) is 0.571. The Morgan fingerprint density at radius 3 is 2.15 bits per heavy atom. The summed E-state index contributed by atoms with van der Waals surface area (Å²) in [6.07, 6.45) is 0.348. The summed E-state index contributed by atoms with van der Waals surface area (Å²) in [7, 11) is -2.10. The fourth-order valence-corrected chi connectivity index (χ4v) is 4.09. The average Bonchev–Trinajstić information content (AvgIpc) is 2.25. The summed E-state index contributed by atoms with van der Waals surface area (Å²) in [5, 5.41) is 9.00. The minimum absolute atomic E-state index is 0.0733. The van der Waals surface area contributed by atoms with E-state index in [1.807, 2.05) is 0 Å². The van der Waals surface area contributed by atoms with Crippen molar-refractivity contribution >= 4 is 10.0 Å². The fourth-order valence-electron chi connectivity index (χ4n) is 2.20. The monoisotopic (exact) mass is 301 g/mol. The Kier molecular flexibility index (Phi) is 5.18. The zero-order valence-electron chi connectivity index (χ0n) is 12.6. The number of aryl methyl sites for hydroxylation is 2. The summed E-state index contributed by atoms with van der Waals surface area (Å²) in [4.78, 5) is 0.268. The Morgan fingerprint density at radius 2 is 1.75 bits per heavy atom. The lowest BCUT2D eigenvalue weighted by molar-refractivity contribution is 0.245. The van der Waals surface area contributed by atoms with Crippen LogP contribution < -0.4 is 9.46 Å². The third-order valence-corrected chi connectivity index (χ3v) is 5.09. The van der Waals surface area contributed by atoms with Crippen LogP contribution >= 0.6 is 0 Å². The summed E-state index contributed by atoms with van der Waals surface area (Å²) < 4.78 is 32.8. The van der Waals surface area contributed by atoms with Crippen molar-refractivity contribution in [1.82, 2.24) is 4.72 Å². The van der Waals surface area contributed by atoms with Crippen molar-refractivity contribution < 1.29 is 18.3 Å². The van der Waals surface area contributed by atoms with Crippen molar-refractivity contribution in [2.75, 3.05) is 13.7 Å². The van der Waals surface area contributed by atoms with E-state index in [2.05, 4.69) is 4.72 Å². The molecule has 0 aliphatic rings. The van der Waals surface area contributed by atoms with Gasteiger partial charge in [0.15, 0.2) is 0 Å². The van der Waals surface area contributed by atoms with E-state index < -0.39 is 15.6 Å². The molecule has 0 atom stereocenters. The average molecular weight is 301 g/mol. The van der Waals surface area contributed by atoms with Gasteiger partial charge < -0.3 is 9.84 Å². The first kappa shape index (κ1) is 16.9. The molecule has 1 aromatic rings. The number of benzene rings is 1. The molecule has 0 fully saturated rings. The van der Waals surface area contributed by atoms with E-state index in [1.54, 1.807) is 46.9 Å². The highest BCUT2D eigenvalue weighted by molar-refractivity contribution is 7.89. The van der Waals surface area contributed by atoms with Crippen molar-refractivity contribution in [3.8, 4) is 5.75 Å². The molecule has 0 saturated heterocycles. The SMILES string of the molecule is COc1cc(C)c(S(=O)(=O)NC(C)(C)CCO)c(C)c1. The van der Waals surface area contributed by atoms with Crippen LogP contribution in [0.5, 0.6) is 5.75 Å². The van der Waals surface area contributed by atoms with E-state index in [0.717, 1.165) is 0 Å². The van der Waals surface area contributed by atoms with Gasteiger partial charge in [0.25, 0.3) is 0 Å². The Bertz CT molecular complexity index is 556. The van der Waals surface area contributed by atoms with E-state index in [0.29, 0.717) is 23.3 Å². The van der Waals surface area contributed by atoms with Crippen molar-refractivity contribution in [3.63, 3.8) is 0 Å². The molecule has 20 heavy (non-hydrogen) atoms. The van der Waals surface area contributed by atoms with Crippen LogP contribution in [0.2, 0.25) is 0 Å². The van der Waals surface area contributed by atoms with E-state index in [1.165, 1.54) is 0 Å². The Labute approximate surface area is 121 Å². The van der Waals surface area contributed by atoms with Gasteiger partial charge >= 0.3 is 0 Å². The highest BCUT2D eigenvalue weighted by Gasteiger charge is 2.28. The van der Waals surface area contributed by atoms with Crippen molar-refractivity contribution in [3.05, 3.63) is 23.3 Å². The number of hydrogen-bond acceptors (Lipinski definition) is 4. The van der Waals surface area contributed by atoms with Gasteiger partial charge in [0.1, 0.15) is 5.75 Å². The van der Waals surface area contributed by atoms with Gasteiger partial charge in [-0.15, -0.1) is 0 Å². The van der Waals surface area contributed by atoms with Gasteiger partial charge in [-0.3, -0.25) is 0 Å². The number of nitrogens with one attached hydrogen (secondary N) is 1. The van der Waals surface area contributed by atoms with Gasteiger partial charge in [-0.25, -0.2) is 13.1 Å². The molecule has 0 spiro atoms.